The van der Waals surface area contributed by atoms with Gasteiger partial charge in [-0.2, -0.15) is 0 Å². The van der Waals surface area contributed by atoms with Crippen molar-refractivity contribution in [2.45, 2.75) is 245 Å². The third-order valence-corrected chi connectivity index (χ3v) is 11.2. The van der Waals surface area contributed by atoms with Crippen LogP contribution in [0, 0.1) is 0 Å². The first-order valence-corrected chi connectivity index (χ1v) is 27.4. The van der Waals surface area contributed by atoms with Crippen molar-refractivity contribution >= 4 is 17.9 Å². The SMILES string of the molecule is CCCCC/C=C\C/C=C\C/C=C\CCCCCCC(=O)OCC(COC(=O)CCCCCC/C=C\C/C=C\C/C=C\CCCCC)OC(=O)CCCC/C=C\C/C=C\C/C=C\CCCCC. The van der Waals surface area contributed by atoms with E-state index >= 15 is 0 Å². The van der Waals surface area contributed by atoms with E-state index in [2.05, 4.69) is 130 Å². The smallest absolute Gasteiger partial charge is 0.306 e. The summed E-state index contributed by atoms with van der Waals surface area (Å²) in [6.07, 6.45) is 73.5. The van der Waals surface area contributed by atoms with E-state index in [1.807, 2.05) is 0 Å². The topological polar surface area (TPSA) is 78.9 Å². The van der Waals surface area contributed by atoms with E-state index in [4.69, 9.17) is 14.2 Å². The average molecular weight is 929 g/mol. The molecular formula is C61H100O6. The van der Waals surface area contributed by atoms with Gasteiger partial charge in [0.2, 0.25) is 0 Å². The molecular weight excluding hydrogens is 829 g/mol. The lowest BCUT2D eigenvalue weighted by Gasteiger charge is -2.18. The number of hydrogen-bond donors (Lipinski definition) is 0. The Kier molecular flexibility index (Phi) is 51.5. The van der Waals surface area contributed by atoms with E-state index in [0.717, 1.165) is 116 Å². The van der Waals surface area contributed by atoms with Crippen LogP contribution in [-0.2, 0) is 28.6 Å². The number of esters is 3. The summed E-state index contributed by atoms with van der Waals surface area (Å²) in [5.41, 5.74) is 0. The Morgan fingerprint density at radius 2 is 0.537 bits per heavy atom. The lowest BCUT2D eigenvalue weighted by molar-refractivity contribution is -0.167. The molecule has 0 N–H and O–H groups in total. The highest BCUT2D eigenvalue weighted by atomic mass is 16.6. The molecule has 0 aromatic rings. The van der Waals surface area contributed by atoms with E-state index in [0.29, 0.717) is 19.3 Å². The van der Waals surface area contributed by atoms with E-state index in [-0.39, 0.29) is 37.5 Å². The van der Waals surface area contributed by atoms with Gasteiger partial charge in [0, 0.05) is 19.3 Å². The maximum absolute atomic E-state index is 12.8. The maximum Gasteiger partial charge on any atom is 0.306 e. The van der Waals surface area contributed by atoms with Crippen LogP contribution < -0.4 is 0 Å². The predicted octanol–water partition coefficient (Wildman–Crippen LogP) is 18.3. The number of unbranched alkanes of at least 4 members (excludes halogenated alkanes) is 19. The second kappa shape index (κ2) is 54.7. The molecule has 0 aromatic heterocycles. The molecule has 0 saturated carbocycles. The minimum absolute atomic E-state index is 0.114. The fraction of sp³-hybridized carbons (Fsp3) is 0.656. The van der Waals surface area contributed by atoms with Gasteiger partial charge in [-0.25, -0.2) is 0 Å². The van der Waals surface area contributed by atoms with Crippen molar-refractivity contribution in [3.63, 3.8) is 0 Å². The van der Waals surface area contributed by atoms with E-state index in [1.54, 1.807) is 0 Å². The monoisotopic (exact) mass is 929 g/mol. The summed E-state index contributed by atoms with van der Waals surface area (Å²) in [4.78, 5) is 38.1. The normalized spacial score (nSPS) is 12.5. The Bertz CT molecular complexity index is 1320. The van der Waals surface area contributed by atoms with Crippen LogP contribution >= 0.6 is 0 Å². The van der Waals surface area contributed by atoms with Crippen molar-refractivity contribution < 1.29 is 28.6 Å². The molecule has 0 bridgehead atoms. The number of ether oxygens (including phenoxy) is 3. The first-order valence-electron chi connectivity index (χ1n) is 27.4. The molecule has 67 heavy (non-hydrogen) atoms. The standard InChI is InChI=1S/C61H100O6/c1-4-7-10-13-16-19-22-25-28-30-33-35-38-41-44-47-50-53-59(62)65-56-58(67-61(64)55-52-49-46-43-40-37-32-27-24-21-18-15-12-9-6-3)57-66-60(63)54-51-48-45-42-39-36-34-31-29-26-23-20-17-14-11-8-5-2/h16-21,25-29,32-36,40,43,58H,4-15,22-24,30-31,37-39,41-42,44-57H2,1-3H3/b19-16-,20-17-,21-18-,28-25-,29-26-,32-27-,35-33-,36-34-,43-40-. The highest BCUT2D eigenvalue weighted by Gasteiger charge is 2.19. The van der Waals surface area contributed by atoms with E-state index in [9.17, 15) is 14.4 Å². The lowest BCUT2D eigenvalue weighted by atomic mass is 10.1. The van der Waals surface area contributed by atoms with E-state index in [1.165, 1.54) is 77.0 Å². The van der Waals surface area contributed by atoms with Crippen LogP contribution in [0.1, 0.15) is 239 Å². The molecule has 0 saturated heterocycles. The zero-order valence-electron chi connectivity index (χ0n) is 43.4. The van der Waals surface area contributed by atoms with Crippen LogP contribution in [0.3, 0.4) is 0 Å². The van der Waals surface area contributed by atoms with Crippen LogP contribution in [0.2, 0.25) is 0 Å². The molecule has 380 valence electrons. The summed E-state index contributed by atoms with van der Waals surface area (Å²) in [6, 6.07) is 0. The molecule has 0 atom stereocenters. The maximum atomic E-state index is 12.8. The summed E-state index contributed by atoms with van der Waals surface area (Å²) < 4.78 is 16.8. The van der Waals surface area contributed by atoms with Crippen molar-refractivity contribution in [2.24, 2.45) is 0 Å². The van der Waals surface area contributed by atoms with Crippen molar-refractivity contribution in [1.29, 1.82) is 0 Å². The number of hydrogen-bond acceptors (Lipinski definition) is 6. The first-order chi connectivity index (χ1) is 33.0. The molecule has 0 heterocycles. The Morgan fingerprint density at radius 3 is 0.851 bits per heavy atom. The van der Waals surface area contributed by atoms with Gasteiger partial charge in [0.1, 0.15) is 13.2 Å². The molecule has 0 rings (SSSR count). The molecule has 0 unspecified atom stereocenters. The van der Waals surface area contributed by atoms with E-state index < -0.39 is 6.10 Å². The van der Waals surface area contributed by atoms with Gasteiger partial charge in [-0.15, -0.1) is 0 Å². The summed E-state index contributed by atoms with van der Waals surface area (Å²) >= 11 is 0. The minimum Gasteiger partial charge on any atom is -0.462 e. The summed E-state index contributed by atoms with van der Waals surface area (Å²) in [5, 5.41) is 0. The van der Waals surface area contributed by atoms with Crippen molar-refractivity contribution in [1.82, 2.24) is 0 Å². The lowest BCUT2D eigenvalue weighted by Crippen LogP contribution is -2.30. The Morgan fingerprint density at radius 1 is 0.299 bits per heavy atom. The molecule has 0 amide bonds. The molecule has 6 heteroatoms. The van der Waals surface area contributed by atoms with Crippen LogP contribution in [0.4, 0.5) is 0 Å². The van der Waals surface area contributed by atoms with Gasteiger partial charge >= 0.3 is 17.9 Å². The number of carbonyl (C=O) groups is 3. The van der Waals surface area contributed by atoms with Crippen molar-refractivity contribution in [2.75, 3.05) is 13.2 Å². The number of allylic oxidation sites excluding steroid dienone is 18. The number of rotatable bonds is 48. The first kappa shape index (κ1) is 63.1. The molecule has 6 nitrogen and oxygen atoms in total. The molecule has 0 radical (unpaired) electrons. The van der Waals surface area contributed by atoms with Crippen molar-refractivity contribution in [3.05, 3.63) is 109 Å². The molecule has 0 fully saturated rings. The van der Waals surface area contributed by atoms with Gasteiger partial charge in [0.25, 0.3) is 0 Å². The average Bonchev–Trinajstić information content (AvgIpc) is 3.33. The molecule has 0 aliphatic heterocycles. The quantitative estimate of drug-likeness (QED) is 0.0262. The molecule has 0 aliphatic carbocycles. The third kappa shape index (κ3) is 52.9. The van der Waals surface area contributed by atoms with Crippen LogP contribution in [-0.4, -0.2) is 37.2 Å². The zero-order valence-corrected chi connectivity index (χ0v) is 43.4. The van der Waals surface area contributed by atoms with Gasteiger partial charge in [0.15, 0.2) is 6.10 Å². The summed E-state index contributed by atoms with van der Waals surface area (Å²) in [5.74, 6) is -0.997. The summed E-state index contributed by atoms with van der Waals surface area (Å²) in [6.45, 7) is 6.47. The highest BCUT2D eigenvalue weighted by Crippen LogP contribution is 2.12. The second-order valence-electron chi connectivity index (χ2n) is 17.8. The van der Waals surface area contributed by atoms with Gasteiger partial charge in [0.05, 0.1) is 0 Å². The molecule has 0 spiro atoms. The predicted molar refractivity (Wildman–Crippen MR) is 288 cm³/mol. The summed E-state index contributed by atoms with van der Waals surface area (Å²) in [7, 11) is 0. The fourth-order valence-corrected chi connectivity index (χ4v) is 7.05. The van der Waals surface area contributed by atoms with Gasteiger partial charge in [-0.3, -0.25) is 14.4 Å². The highest BCUT2D eigenvalue weighted by molar-refractivity contribution is 5.71. The largest absolute Gasteiger partial charge is 0.462 e. The van der Waals surface area contributed by atoms with Crippen LogP contribution in [0.5, 0.6) is 0 Å². The van der Waals surface area contributed by atoms with Gasteiger partial charge in [-0.1, -0.05) is 194 Å². The van der Waals surface area contributed by atoms with Gasteiger partial charge < -0.3 is 14.2 Å². The van der Waals surface area contributed by atoms with Crippen molar-refractivity contribution in [3.8, 4) is 0 Å². The molecule has 0 aromatic carbocycles. The fourth-order valence-electron chi connectivity index (χ4n) is 7.05. The van der Waals surface area contributed by atoms with Gasteiger partial charge in [-0.05, 0) is 135 Å². The Balaban J connectivity index is 4.54. The number of carbonyl (C=O) groups excluding carboxylic acids is 3. The van der Waals surface area contributed by atoms with Crippen LogP contribution in [0.15, 0.2) is 109 Å². The second-order valence-corrected chi connectivity index (χ2v) is 17.8. The third-order valence-electron chi connectivity index (χ3n) is 11.2. The minimum atomic E-state index is -0.819. The Labute approximate surface area is 412 Å². The Hall–Kier alpha value is -3.93. The zero-order chi connectivity index (χ0) is 48.6. The van der Waals surface area contributed by atoms with Crippen LogP contribution in [0.25, 0.3) is 0 Å². The molecule has 0 aliphatic rings.